The van der Waals surface area contributed by atoms with E-state index in [0.29, 0.717) is 28.0 Å². The highest BCUT2D eigenvalue weighted by Gasteiger charge is 2.53. The van der Waals surface area contributed by atoms with E-state index in [0.717, 1.165) is 0 Å². The standard InChI is InChI=1S/C18H20Cl2FN5O3S2/c1-27-16-14(26(24)4-10(22)11-6-30-18(23)25-11)15-12(5-28-15)29-17(16)31-7-2-8(19)13(21)9(20)3-7/h2-4,6,12,14-17H,5,22,24H2,1H3,(H2,23,25)/b10-4-. The molecule has 6 N–H and O–H groups in total. The molecule has 2 fully saturated rings. The molecule has 168 valence electrons. The number of nitrogens with two attached hydrogens (primary N) is 3. The van der Waals surface area contributed by atoms with Crippen molar-refractivity contribution >= 4 is 57.1 Å². The van der Waals surface area contributed by atoms with Crippen LogP contribution in [0.4, 0.5) is 9.52 Å². The monoisotopic (exact) mass is 507 g/mol. The SMILES string of the molecule is COC1C(Sc2cc(Cl)c(F)c(Cl)c2)OC2COC2C1N(N)/C=C(\N)c1csc(N)n1. The van der Waals surface area contributed by atoms with Crippen LogP contribution in [0.15, 0.2) is 28.6 Å². The lowest BCUT2D eigenvalue weighted by atomic mass is 9.93. The summed E-state index contributed by atoms with van der Waals surface area (Å²) in [6.07, 6.45) is 0.569. The van der Waals surface area contributed by atoms with E-state index >= 15 is 0 Å². The first-order valence-electron chi connectivity index (χ1n) is 9.11. The van der Waals surface area contributed by atoms with Crippen molar-refractivity contribution < 1.29 is 18.6 Å². The van der Waals surface area contributed by atoms with E-state index in [4.69, 9.17) is 54.7 Å². The number of thiazole rings is 1. The smallest absolute Gasteiger partial charge is 0.180 e. The number of nitrogen functional groups attached to an aromatic ring is 1. The van der Waals surface area contributed by atoms with E-state index in [1.54, 1.807) is 18.7 Å². The van der Waals surface area contributed by atoms with Crippen molar-refractivity contribution in [3.63, 3.8) is 0 Å². The molecular formula is C18H20Cl2FN5O3S2. The molecule has 4 rings (SSSR count). The maximum atomic E-state index is 13.8. The number of rotatable bonds is 6. The average molecular weight is 508 g/mol. The van der Waals surface area contributed by atoms with Crippen LogP contribution in [0.25, 0.3) is 5.70 Å². The van der Waals surface area contributed by atoms with Gasteiger partial charge in [0.2, 0.25) is 0 Å². The summed E-state index contributed by atoms with van der Waals surface area (Å²) in [6, 6.07) is 2.58. The minimum Gasteiger partial charge on any atom is -0.396 e. The normalized spacial score (nSPS) is 28.2. The van der Waals surface area contributed by atoms with Gasteiger partial charge in [0.1, 0.15) is 35.5 Å². The molecule has 3 heterocycles. The number of halogens is 3. The van der Waals surface area contributed by atoms with Crippen LogP contribution in [0.1, 0.15) is 5.69 Å². The van der Waals surface area contributed by atoms with Gasteiger partial charge in [0, 0.05) is 23.6 Å². The molecule has 2 saturated heterocycles. The van der Waals surface area contributed by atoms with E-state index < -0.39 is 23.4 Å². The number of ether oxygens (including phenoxy) is 3. The Balaban J connectivity index is 1.58. The van der Waals surface area contributed by atoms with Gasteiger partial charge in [-0.1, -0.05) is 35.0 Å². The number of hydrogen-bond acceptors (Lipinski definition) is 10. The zero-order chi connectivity index (χ0) is 22.3. The molecule has 2 aromatic rings. The summed E-state index contributed by atoms with van der Waals surface area (Å²) in [7, 11) is 1.56. The van der Waals surface area contributed by atoms with Crippen molar-refractivity contribution in [2.75, 3.05) is 19.5 Å². The molecular weight excluding hydrogens is 488 g/mol. The Bertz CT molecular complexity index is 974. The molecule has 0 radical (unpaired) electrons. The van der Waals surface area contributed by atoms with Crippen molar-refractivity contribution in [3.8, 4) is 0 Å². The van der Waals surface area contributed by atoms with Gasteiger partial charge in [0.25, 0.3) is 0 Å². The van der Waals surface area contributed by atoms with Crippen LogP contribution in [-0.2, 0) is 14.2 Å². The Kier molecular flexibility index (Phi) is 6.85. The summed E-state index contributed by atoms with van der Waals surface area (Å²) in [5.41, 5.74) is 12.2. The van der Waals surface area contributed by atoms with Gasteiger partial charge in [-0.05, 0) is 12.1 Å². The number of fused-ring (bicyclic) bond motifs is 1. The summed E-state index contributed by atoms with van der Waals surface area (Å²) < 4.78 is 31.4. The van der Waals surface area contributed by atoms with Crippen LogP contribution in [0.3, 0.4) is 0 Å². The number of nitrogens with zero attached hydrogens (tertiary/aromatic N) is 2. The molecule has 1 aromatic heterocycles. The van der Waals surface area contributed by atoms with Crippen molar-refractivity contribution in [1.82, 2.24) is 9.99 Å². The number of aromatic nitrogens is 1. The fourth-order valence-corrected chi connectivity index (χ4v) is 5.90. The predicted molar refractivity (Wildman–Crippen MR) is 120 cm³/mol. The average Bonchev–Trinajstić information content (AvgIpc) is 3.14. The van der Waals surface area contributed by atoms with Crippen LogP contribution in [0.2, 0.25) is 10.0 Å². The summed E-state index contributed by atoms with van der Waals surface area (Å²) >= 11 is 14.5. The maximum Gasteiger partial charge on any atom is 0.180 e. The van der Waals surface area contributed by atoms with Gasteiger partial charge >= 0.3 is 0 Å². The summed E-state index contributed by atoms with van der Waals surface area (Å²) in [6.45, 7) is 0.426. The minimum absolute atomic E-state index is 0.0696. The molecule has 1 aromatic carbocycles. The van der Waals surface area contributed by atoms with Crippen molar-refractivity contribution in [2.45, 2.75) is 34.7 Å². The van der Waals surface area contributed by atoms with Crippen LogP contribution >= 0.6 is 46.3 Å². The third-order valence-electron chi connectivity index (χ3n) is 5.00. The predicted octanol–water partition coefficient (Wildman–Crippen LogP) is 2.90. The van der Waals surface area contributed by atoms with Gasteiger partial charge in [0.15, 0.2) is 10.9 Å². The fraction of sp³-hybridized carbons (Fsp3) is 0.389. The number of methoxy groups -OCH3 is 1. The lowest BCUT2D eigenvalue weighted by Crippen LogP contribution is -2.70. The van der Waals surface area contributed by atoms with Gasteiger partial charge in [0.05, 0.1) is 22.3 Å². The highest BCUT2D eigenvalue weighted by atomic mass is 35.5. The van der Waals surface area contributed by atoms with Gasteiger partial charge in [-0.15, -0.1) is 11.3 Å². The van der Waals surface area contributed by atoms with Crippen molar-refractivity contribution in [3.05, 3.63) is 45.3 Å². The summed E-state index contributed by atoms with van der Waals surface area (Å²) in [5, 5.41) is 3.47. The molecule has 0 aliphatic carbocycles. The zero-order valence-corrected chi connectivity index (χ0v) is 19.3. The third-order valence-corrected chi connectivity index (χ3v) is 7.35. The minimum atomic E-state index is -0.665. The van der Waals surface area contributed by atoms with E-state index in [9.17, 15) is 4.39 Å². The Morgan fingerprint density at radius 3 is 2.68 bits per heavy atom. The molecule has 13 heteroatoms. The molecule has 2 aliphatic heterocycles. The van der Waals surface area contributed by atoms with Crippen LogP contribution < -0.4 is 17.3 Å². The van der Waals surface area contributed by atoms with Crippen LogP contribution in [0.5, 0.6) is 0 Å². The first-order chi connectivity index (χ1) is 14.8. The second kappa shape index (κ2) is 9.28. The second-order valence-corrected chi connectivity index (χ2v) is 9.83. The molecule has 5 atom stereocenters. The van der Waals surface area contributed by atoms with E-state index in [1.807, 2.05) is 0 Å². The highest BCUT2D eigenvalue weighted by Crippen LogP contribution is 2.41. The zero-order valence-electron chi connectivity index (χ0n) is 16.2. The number of hydrogen-bond donors (Lipinski definition) is 3. The highest BCUT2D eigenvalue weighted by molar-refractivity contribution is 7.99. The molecule has 31 heavy (non-hydrogen) atoms. The molecule has 5 unspecified atom stereocenters. The molecule has 0 saturated carbocycles. The van der Waals surface area contributed by atoms with E-state index in [-0.39, 0.29) is 22.3 Å². The first kappa shape index (κ1) is 22.9. The lowest BCUT2D eigenvalue weighted by Gasteiger charge is -2.53. The van der Waals surface area contributed by atoms with E-state index in [2.05, 4.69) is 4.98 Å². The van der Waals surface area contributed by atoms with Gasteiger partial charge in [-0.3, -0.25) is 0 Å². The van der Waals surface area contributed by atoms with Gasteiger partial charge < -0.3 is 30.7 Å². The number of benzene rings is 1. The summed E-state index contributed by atoms with van der Waals surface area (Å²) in [5.74, 6) is 5.71. The fourth-order valence-electron chi connectivity index (χ4n) is 3.47. The summed E-state index contributed by atoms with van der Waals surface area (Å²) in [4.78, 5) is 4.80. The molecule has 8 nitrogen and oxygen atoms in total. The maximum absolute atomic E-state index is 13.8. The second-order valence-electron chi connectivity index (χ2n) is 6.95. The van der Waals surface area contributed by atoms with Gasteiger partial charge in [-0.2, -0.15) is 0 Å². The third kappa shape index (κ3) is 4.60. The van der Waals surface area contributed by atoms with Crippen LogP contribution in [-0.4, -0.2) is 53.5 Å². The Hall–Kier alpha value is -1.31. The topological polar surface area (TPSA) is 122 Å². The number of thioether (sulfide) groups is 1. The largest absolute Gasteiger partial charge is 0.396 e. The van der Waals surface area contributed by atoms with E-state index in [1.165, 1.54) is 40.2 Å². The molecule has 0 bridgehead atoms. The molecule has 2 aliphatic rings. The quantitative estimate of drug-likeness (QED) is 0.307. The van der Waals surface area contributed by atoms with Crippen LogP contribution in [0, 0.1) is 5.82 Å². The number of hydrazine groups is 1. The Labute approximate surface area is 196 Å². The number of anilines is 1. The lowest BCUT2D eigenvalue weighted by molar-refractivity contribution is -0.272. The van der Waals surface area contributed by atoms with Gasteiger partial charge in [-0.25, -0.2) is 15.2 Å². The molecule has 0 spiro atoms. The first-order valence-corrected chi connectivity index (χ1v) is 11.6. The Morgan fingerprint density at radius 2 is 2.13 bits per heavy atom. The van der Waals surface area contributed by atoms with Crippen molar-refractivity contribution in [1.29, 1.82) is 0 Å². The molecule has 0 amide bonds. The van der Waals surface area contributed by atoms with Crippen molar-refractivity contribution in [2.24, 2.45) is 11.6 Å². The Morgan fingerprint density at radius 1 is 1.42 bits per heavy atom.